The van der Waals surface area contributed by atoms with Crippen LogP contribution in [0.2, 0.25) is 0 Å². The molecule has 1 heterocycles. The van der Waals surface area contributed by atoms with Crippen LogP contribution in [0.5, 0.6) is 11.5 Å². The molecule has 0 saturated heterocycles. The van der Waals surface area contributed by atoms with Crippen molar-refractivity contribution in [1.29, 1.82) is 0 Å². The topological polar surface area (TPSA) is 46.2 Å². The largest absolute Gasteiger partial charge is 0.454 e. The van der Waals surface area contributed by atoms with Crippen LogP contribution in [0.25, 0.3) is 0 Å². The molecular weight excluding hydrogens is 236 g/mol. The summed E-state index contributed by atoms with van der Waals surface area (Å²) in [6.07, 6.45) is 1.35. The molecule has 1 aliphatic heterocycles. The van der Waals surface area contributed by atoms with Crippen molar-refractivity contribution >= 4 is 0 Å². The van der Waals surface area contributed by atoms with Crippen molar-refractivity contribution in [3.63, 3.8) is 0 Å². The SMILES string of the molecule is COC(CCc1ccc2c(c1)OCO2)(OC)OC. The van der Waals surface area contributed by atoms with E-state index in [0.29, 0.717) is 6.42 Å². The summed E-state index contributed by atoms with van der Waals surface area (Å²) in [7, 11) is 4.69. The molecule has 0 saturated carbocycles. The van der Waals surface area contributed by atoms with Gasteiger partial charge in [0.25, 0.3) is 5.97 Å². The van der Waals surface area contributed by atoms with Gasteiger partial charge in [0, 0.05) is 27.8 Å². The monoisotopic (exact) mass is 254 g/mol. The first-order valence-electron chi connectivity index (χ1n) is 5.77. The molecular formula is C13H18O5. The Hall–Kier alpha value is -1.30. The Labute approximate surface area is 107 Å². The molecule has 0 N–H and O–H groups in total. The maximum absolute atomic E-state index is 5.33. The van der Waals surface area contributed by atoms with Crippen molar-refractivity contribution in [2.45, 2.75) is 18.8 Å². The van der Waals surface area contributed by atoms with E-state index in [9.17, 15) is 0 Å². The van der Waals surface area contributed by atoms with E-state index in [1.165, 1.54) is 0 Å². The van der Waals surface area contributed by atoms with Crippen LogP contribution >= 0.6 is 0 Å². The Kier molecular flexibility index (Phi) is 4.06. The lowest BCUT2D eigenvalue weighted by molar-refractivity contribution is -0.354. The third kappa shape index (κ3) is 2.58. The summed E-state index contributed by atoms with van der Waals surface area (Å²) in [4.78, 5) is 0. The third-order valence-corrected chi connectivity index (χ3v) is 3.09. The van der Waals surface area contributed by atoms with Crippen LogP contribution in [-0.4, -0.2) is 34.1 Å². The standard InChI is InChI=1S/C13H18O5/c1-14-13(15-2,16-3)7-6-10-4-5-11-12(8-10)18-9-17-11/h4-5,8H,6-7,9H2,1-3H3. The molecule has 0 atom stereocenters. The van der Waals surface area contributed by atoms with E-state index in [-0.39, 0.29) is 6.79 Å². The van der Waals surface area contributed by atoms with E-state index in [4.69, 9.17) is 23.7 Å². The smallest absolute Gasteiger partial charge is 0.282 e. The zero-order valence-electron chi connectivity index (χ0n) is 10.9. The molecule has 1 aliphatic rings. The molecule has 0 aliphatic carbocycles. The van der Waals surface area contributed by atoms with Crippen molar-refractivity contribution in [2.24, 2.45) is 0 Å². The number of hydrogen-bond acceptors (Lipinski definition) is 5. The lowest BCUT2D eigenvalue weighted by Crippen LogP contribution is -2.36. The summed E-state index contributed by atoms with van der Waals surface area (Å²) in [5.74, 6) is 0.580. The van der Waals surface area contributed by atoms with Gasteiger partial charge in [-0.3, -0.25) is 0 Å². The molecule has 0 bridgehead atoms. The van der Waals surface area contributed by atoms with E-state index >= 15 is 0 Å². The first-order valence-corrected chi connectivity index (χ1v) is 5.77. The molecule has 5 nitrogen and oxygen atoms in total. The summed E-state index contributed by atoms with van der Waals surface area (Å²) in [5, 5.41) is 0. The van der Waals surface area contributed by atoms with Gasteiger partial charge in [-0.15, -0.1) is 0 Å². The Balaban J connectivity index is 2.01. The average molecular weight is 254 g/mol. The fraction of sp³-hybridized carbons (Fsp3) is 0.538. The molecule has 1 aromatic rings. The molecule has 2 rings (SSSR count). The first-order chi connectivity index (χ1) is 8.73. The van der Waals surface area contributed by atoms with Crippen LogP contribution in [-0.2, 0) is 20.6 Å². The van der Waals surface area contributed by atoms with Gasteiger partial charge in [0.05, 0.1) is 0 Å². The second-order valence-corrected chi connectivity index (χ2v) is 3.98. The molecule has 0 spiro atoms. The zero-order valence-corrected chi connectivity index (χ0v) is 10.9. The normalized spacial score (nSPS) is 13.9. The maximum Gasteiger partial charge on any atom is 0.282 e. The molecule has 18 heavy (non-hydrogen) atoms. The number of rotatable bonds is 6. The lowest BCUT2D eigenvalue weighted by Gasteiger charge is -2.28. The summed E-state index contributed by atoms with van der Waals surface area (Å²) in [6.45, 7) is 0.289. The van der Waals surface area contributed by atoms with Crippen molar-refractivity contribution in [3.8, 4) is 11.5 Å². The van der Waals surface area contributed by atoms with Crippen LogP contribution in [0.4, 0.5) is 0 Å². The second kappa shape index (κ2) is 5.56. The van der Waals surface area contributed by atoms with E-state index < -0.39 is 5.97 Å². The molecule has 5 heteroatoms. The maximum atomic E-state index is 5.33. The third-order valence-electron chi connectivity index (χ3n) is 3.09. The van der Waals surface area contributed by atoms with Gasteiger partial charge >= 0.3 is 0 Å². The minimum absolute atomic E-state index is 0.289. The molecule has 0 radical (unpaired) electrons. The first kappa shape index (κ1) is 13.1. The van der Waals surface area contributed by atoms with E-state index in [1.54, 1.807) is 21.3 Å². The minimum atomic E-state index is -0.990. The molecule has 1 aromatic carbocycles. The van der Waals surface area contributed by atoms with E-state index in [1.807, 2.05) is 18.2 Å². The van der Waals surface area contributed by atoms with Crippen molar-refractivity contribution in [2.75, 3.05) is 28.1 Å². The quantitative estimate of drug-likeness (QED) is 0.726. The predicted octanol–water partition coefficient (Wildman–Crippen LogP) is 1.94. The Bertz CT molecular complexity index is 392. The average Bonchev–Trinajstić information content (AvgIpc) is 2.88. The van der Waals surface area contributed by atoms with Gasteiger partial charge in [-0.05, 0) is 24.1 Å². The predicted molar refractivity (Wildman–Crippen MR) is 64.6 cm³/mol. The van der Waals surface area contributed by atoms with E-state index in [0.717, 1.165) is 23.5 Å². The highest BCUT2D eigenvalue weighted by atomic mass is 16.9. The molecule has 0 fully saturated rings. The number of fused-ring (bicyclic) bond motifs is 1. The Morgan fingerprint density at radius 1 is 1.06 bits per heavy atom. The van der Waals surface area contributed by atoms with Crippen LogP contribution in [0.15, 0.2) is 18.2 Å². The highest BCUT2D eigenvalue weighted by Crippen LogP contribution is 2.33. The Morgan fingerprint density at radius 2 is 1.72 bits per heavy atom. The number of methoxy groups -OCH3 is 3. The number of ether oxygens (including phenoxy) is 5. The zero-order chi connectivity index (χ0) is 13.0. The Morgan fingerprint density at radius 3 is 2.39 bits per heavy atom. The summed E-state index contributed by atoms with van der Waals surface area (Å²) >= 11 is 0. The van der Waals surface area contributed by atoms with Gasteiger partial charge in [0.15, 0.2) is 11.5 Å². The number of hydrogen-bond donors (Lipinski definition) is 0. The van der Waals surface area contributed by atoms with Crippen LogP contribution in [0, 0.1) is 0 Å². The van der Waals surface area contributed by atoms with Crippen molar-refractivity contribution in [3.05, 3.63) is 23.8 Å². The van der Waals surface area contributed by atoms with Crippen molar-refractivity contribution in [1.82, 2.24) is 0 Å². The van der Waals surface area contributed by atoms with Crippen LogP contribution in [0.1, 0.15) is 12.0 Å². The highest BCUT2D eigenvalue weighted by molar-refractivity contribution is 5.44. The fourth-order valence-corrected chi connectivity index (χ4v) is 1.95. The van der Waals surface area contributed by atoms with Gasteiger partial charge in [-0.1, -0.05) is 6.07 Å². The van der Waals surface area contributed by atoms with Gasteiger partial charge in [-0.2, -0.15) is 0 Å². The number of aryl methyl sites for hydroxylation is 1. The molecule has 100 valence electrons. The van der Waals surface area contributed by atoms with Crippen LogP contribution in [0.3, 0.4) is 0 Å². The van der Waals surface area contributed by atoms with Crippen LogP contribution < -0.4 is 9.47 Å². The van der Waals surface area contributed by atoms with Crippen molar-refractivity contribution < 1.29 is 23.7 Å². The highest BCUT2D eigenvalue weighted by Gasteiger charge is 2.29. The molecule has 0 aromatic heterocycles. The molecule has 0 amide bonds. The summed E-state index contributed by atoms with van der Waals surface area (Å²) in [6, 6.07) is 5.87. The lowest BCUT2D eigenvalue weighted by atomic mass is 10.1. The van der Waals surface area contributed by atoms with Gasteiger partial charge < -0.3 is 23.7 Å². The number of benzene rings is 1. The minimum Gasteiger partial charge on any atom is -0.454 e. The molecule has 0 unspecified atom stereocenters. The fourth-order valence-electron chi connectivity index (χ4n) is 1.95. The van der Waals surface area contributed by atoms with Gasteiger partial charge in [0.1, 0.15) is 0 Å². The van der Waals surface area contributed by atoms with Gasteiger partial charge in [0.2, 0.25) is 6.79 Å². The van der Waals surface area contributed by atoms with E-state index in [2.05, 4.69) is 0 Å². The summed E-state index contributed by atoms with van der Waals surface area (Å²) in [5.41, 5.74) is 1.12. The van der Waals surface area contributed by atoms with Gasteiger partial charge in [-0.25, -0.2) is 0 Å². The summed E-state index contributed by atoms with van der Waals surface area (Å²) < 4.78 is 26.4. The second-order valence-electron chi connectivity index (χ2n) is 3.98.